The topological polar surface area (TPSA) is 81.0 Å². The number of aryl methyl sites for hydroxylation is 1. The molecule has 1 N–H and O–H groups in total. The number of hydrogen-bond acceptors (Lipinski definition) is 5. The standard InChI is InChI=1S/C21H16FN3O3/c1-13-2-4-14(5-3-13)17-10-18(25-24-17)21(26)27-12-20-23-11-19(28-20)15-6-8-16(22)9-7-15/h2-11H,12H2,1H3,(H,24,25). The Morgan fingerprint density at radius 3 is 2.57 bits per heavy atom. The minimum atomic E-state index is -0.563. The molecule has 140 valence electrons. The predicted molar refractivity (Wildman–Crippen MR) is 99.8 cm³/mol. The lowest BCUT2D eigenvalue weighted by Gasteiger charge is -2.00. The van der Waals surface area contributed by atoms with Crippen molar-refractivity contribution in [2.75, 3.05) is 0 Å². The Balaban J connectivity index is 1.40. The molecule has 4 rings (SSSR count). The van der Waals surface area contributed by atoms with Crippen LogP contribution in [-0.2, 0) is 11.3 Å². The molecular formula is C21H16FN3O3. The van der Waals surface area contributed by atoms with E-state index in [0.717, 1.165) is 11.1 Å². The van der Waals surface area contributed by atoms with Gasteiger partial charge in [-0.2, -0.15) is 5.10 Å². The van der Waals surface area contributed by atoms with Crippen molar-refractivity contribution in [2.45, 2.75) is 13.5 Å². The minimum Gasteiger partial charge on any atom is -0.451 e. The van der Waals surface area contributed by atoms with E-state index in [-0.39, 0.29) is 24.0 Å². The van der Waals surface area contributed by atoms with Gasteiger partial charge in [-0.05, 0) is 37.3 Å². The second kappa shape index (κ2) is 7.48. The molecule has 6 nitrogen and oxygen atoms in total. The third-order valence-electron chi connectivity index (χ3n) is 4.15. The van der Waals surface area contributed by atoms with E-state index < -0.39 is 5.97 Å². The number of H-pyrrole nitrogens is 1. The average molecular weight is 377 g/mol. The van der Waals surface area contributed by atoms with Gasteiger partial charge in [0.25, 0.3) is 0 Å². The molecule has 0 saturated carbocycles. The molecule has 2 heterocycles. The highest BCUT2D eigenvalue weighted by Gasteiger charge is 2.14. The Hall–Kier alpha value is -3.74. The lowest BCUT2D eigenvalue weighted by atomic mass is 10.1. The highest BCUT2D eigenvalue weighted by Crippen LogP contribution is 2.22. The fourth-order valence-electron chi connectivity index (χ4n) is 2.63. The Morgan fingerprint density at radius 2 is 1.82 bits per heavy atom. The number of aromatic nitrogens is 3. The first kappa shape index (κ1) is 17.7. The molecule has 0 saturated heterocycles. The summed E-state index contributed by atoms with van der Waals surface area (Å²) in [6.07, 6.45) is 1.50. The summed E-state index contributed by atoms with van der Waals surface area (Å²) in [4.78, 5) is 16.3. The van der Waals surface area contributed by atoms with Crippen molar-refractivity contribution in [1.82, 2.24) is 15.2 Å². The molecule has 0 fully saturated rings. The van der Waals surface area contributed by atoms with Gasteiger partial charge in [0.05, 0.1) is 11.9 Å². The Morgan fingerprint density at radius 1 is 1.11 bits per heavy atom. The Kier molecular flexibility index (Phi) is 4.72. The van der Waals surface area contributed by atoms with E-state index in [2.05, 4.69) is 15.2 Å². The summed E-state index contributed by atoms with van der Waals surface area (Å²) in [5.74, 6) is -0.186. The molecule has 7 heteroatoms. The number of rotatable bonds is 5. The van der Waals surface area contributed by atoms with Crippen LogP contribution in [0, 0.1) is 12.7 Å². The molecule has 0 aliphatic rings. The van der Waals surface area contributed by atoms with Gasteiger partial charge in [-0.25, -0.2) is 14.2 Å². The van der Waals surface area contributed by atoms with E-state index in [1.54, 1.807) is 18.2 Å². The molecule has 0 bridgehead atoms. The van der Waals surface area contributed by atoms with Crippen molar-refractivity contribution < 1.29 is 18.3 Å². The summed E-state index contributed by atoms with van der Waals surface area (Å²) < 4.78 is 23.8. The molecule has 0 spiro atoms. The quantitative estimate of drug-likeness (QED) is 0.517. The van der Waals surface area contributed by atoms with Crippen LogP contribution in [0.4, 0.5) is 4.39 Å². The van der Waals surface area contributed by atoms with Crippen LogP contribution in [0.1, 0.15) is 21.9 Å². The van der Waals surface area contributed by atoms with E-state index >= 15 is 0 Å². The van der Waals surface area contributed by atoms with Gasteiger partial charge in [-0.1, -0.05) is 29.8 Å². The molecule has 2 aromatic heterocycles. The highest BCUT2D eigenvalue weighted by molar-refractivity contribution is 5.88. The molecule has 0 aliphatic carbocycles. The highest BCUT2D eigenvalue weighted by atomic mass is 19.1. The van der Waals surface area contributed by atoms with Crippen LogP contribution < -0.4 is 0 Å². The van der Waals surface area contributed by atoms with Gasteiger partial charge in [-0.3, -0.25) is 5.10 Å². The summed E-state index contributed by atoms with van der Waals surface area (Å²) in [5.41, 5.74) is 3.62. The molecule has 0 aliphatic heterocycles. The van der Waals surface area contributed by atoms with Crippen molar-refractivity contribution in [3.63, 3.8) is 0 Å². The van der Waals surface area contributed by atoms with Gasteiger partial charge in [0.2, 0.25) is 5.89 Å². The number of oxazole rings is 1. The van der Waals surface area contributed by atoms with Crippen LogP contribution in [-0.4, -0.2) is 21.2 Å². The normalized spacial score (nSPS) is 10.8. The van der Waals surface area contributed by atoms with Crippen molar-refractivity contribution in [2.24, 2.45) is 0 Å². The van der Waals surface area contributed by atoms with E-state index in [1.807, 2.05) is 31.2 Å². The number of hydrogen-bond donors (Lipinski definition) is 1. The number of carbonyl (C=O) groups excluding carboxylic acids is 1. The van der Waals surface area contributed by atoms with Crippen molar-refractivity contribution in [3.8, 4) is 22.6 Å². The van der Waals surface area contributed by atoms with E-state index in [0.29, 0.717) is 17.0 Å². The summed E-state index contributed by atoms with van der Waals surface area (Å²) in [6.45, 7) is 1.88. The minimum absolute atomic E-state index is 0.126. The van der Waals surface area contributed by atoms with Crippen molar-refractivity contribution >= 4 is 5.97 Å². The molecule has 2 aromatic carbocycles. The number of nitrogens with zero attached hydrogens (tertiary/aromatic N) is 2. The van der Waals surface area contributed by atoms with Crippen LogP contribution >= 0.6 is 0 Å². The maximum absolute atomic E-state index is 13.0. The first-order valence-corrected chi connectivity index (χ1v) is 8.59. The smallest absolute Gasteiger partial charge is 0.356 e. The maximum Gasteiger partial charge on any atom is 0.356 e. The van der Waals surface area contributed by atoms with Crippen molar-refractivity contribution in [1.29, 1.82) is 0 Å². The zero-order valence-electron chi connectivity index (χ0n) is 15.0. The van der Waals surface area contributed by atoms with Crippen LogP contribution in [0.25, 0.3) is 22.6 Å². The number of carbonyl (C=O) groups is 1. The fraction of sp³-hybridized carbons (Fsp3) is 0.0952. The molecule has 0 radical (unpaired) electrons. The number of halogens is 1. The van der Waals surface area contributed by atoms with Crippen LogP contribution in [0.15, 0.2) is 65.2 Å². The van der Waals surface area contributed by atoms with Crippen LogP contribution in [0.5, 0.6) is 0 Å². The summed E-state index contributed by atoms with van der Waals surface area (Å²) in [7, 11) is 0. The summed E-state index contributed by atoms with van der Waals surface area (Å²) in [5, 5.41) is 6.83. The lowest BCUT2D eigenvalue weighted by Crippen LogP contribution is -2.05. The Bertz CT molecular complexity index is 1100. The molecule has 0 amide bonds. The number of esters is 1. The van der Waals surface area contributed by atoms with Gasteiger partial charge < -0.3 is 9.15 Å². The fourth-order valence-corrected chi connectivity index (χ4v) is 2.63. The maximum atomic E-state index is 13.0. The largest absolute Gasteiger partial charge is 0.451 e. The first-order valence-electron chi connectivity index (χ1n) is 8.59. The SMILES string of the molecule is Cc1ccc(-c2cc(C(=O)OCc3ncc(-c4ccc(F)cc4)o3)[nH]n2)cc1. The van der Waals surface area contributed by atoms with Gasteiger partial charge in [-0.15, -0.1) is 0 Å². The molecule has 28 heavy (non-hydrogen) atoms. The van der Waals surface area contributed by atoms with Crippen molar-refractivity contribution in [3.05, 3.63) is 83.8 Å². The molecule has 4 aromatic rings. The molecule has 0 atom stereocenters. The average Bonchev–Trinajstić information content (AvgIpc) is 3.37. The molecular weight excluding hydrogens is 361 g/mol. The number of aromatic amines is 1. The second-order valence-electron chi connectivity index (χ2n) is 6.23. The van der Waals surface area contributed by atoms with E-state index in [4.69, 9.17) is 9.15 Å². The van der Waals surface area contributed by atoms with Crippen LogP contribution in [0.2, 0.25) is 0 Å². The van der Waals surface area contributed by atoms with E-state index in [1.165, 1.54) is 18.3 Å². The van der Waals surface area contributed by atoms with E-state index in [9.17, 15) is 9.18 Å². The second-order valence-corrected chi connectivity index (χ2v) is 6.23. The zero-order valence-corrected chi connectivity index (χ0v) is 15.0. The zero-order chi connectivity index (χ0) is 19.5. The van der Waals surface area contributed by atoms with Gasteiger partial charge in [0.1, 0.15) is 11.5 Å². The first-order chi connectivity index (χ1) is 13.6. The Labute approximate surface area is 160 Å². The van der Waals surface area contributed by atoms with Gasteiger partial charge in [0.15, 0.2) is 12.4 Å². The summed E-state index contributed by atoms with van der Waals surface area (Å²) >= 11 is 0. The monoisotopic (exact) mass is 377 g/mol. The molecule has 0 unspecified atom stereocenters. The lowest BCUT2D eigenvalue weighted by molar-refractivity contribution is 0.0432. The number of ether oxygens (including phenoxy) is 1. The third-order valence-corrected chi connectivity index (χ3v) is 4.15. The van der Waals surface area contributed by atoms with Crippen LogP contribution in [0.3, 0.4) is 0 Å². The van der Waals surface area contributed by atoms with Gasteiger partial charge >= 0.3 is 5.97 Å². The summed E-state index contributed by atoms with van der Waals surface area (Å²) in [6, 6.07) is 15.3. The predicted octanol–water partition coefficient (Wildman–Crippen LogP) is 4.54. The van der Waals surface area contributed by atoms with Gasteiger partial charge in [0, 0.05) is 11.1 Å². The number of benzene rings is 2. The third kappa shape index (κ3) is 3.83. The number of nitrogens with one attached hydrogen (secondary N) is 1.